The van der Waals surface area contributed by atoms with E-state index in [1.54, 1.807) is 24.3 Å². The van der Waals surface area contributed by atoms with Gasteiger partial charge in [0, 0.05) is 30.6 Å². The molecule has 0 heterocycles. The Hall–Kier alpha value is -2.99. The van der Waals surface area contributed by atoms with Crippen molar-refractivity contribution in [1.82, 2.24) is 4.90 Å². The summed E-state index contributed by atoms with van der Waals surface area (Å²) >= 11 is 0. The van der Waals surface area contributed by atoms with Crippen molar-refractivity contribution in [1.29, 1.82) is 0 Å². The number of benzene rings is 2. The smallest absolute Gasteiger partial charge is 0.338 e. The standard InChI is InChI=1S/C27H34N2O4/c1-3-29(4-2)17-18-33-27(32)21-11-13-24(14-12-21)28-26(31)16-15-25(30)23-10-9-20-7-5-6-8-22(20)19-23/h9-14,19H,3-8,15-18H2,1-2H3,(H,28,31). The summed E-state index contributed by atoms with van der Waals surface area (Å²) < 4.78 is 5.32. The number of Topliss-reactive ketones (excluding diaryl/α,β-unsaturated/α-hetero) is 1. The van der Waals surface area contributed by atoms with Crippen LogP contribution in [0.2, 0.25) is 0 Å². The van der Waals surface area contributed by atoms with E-state index in [0.717, 1.165) is 25.9 Å². The highest BCUT2D eigenvalue weighted by atomic mass is 16.5. The number of aryl methyl sites for hydroxylation is 2. The highest BCUT2D eigenvalue weighted by Crippen LogP contribution is 2.23. The lowest BCUT2D eigenvalue weighted by Gasteiger charge is -2.17. The van der Waals surface area contributed by atoms with Gasteiger partial charge < -0.3 is 15.0 Å². The Morgan fingerprint density at radius 3 is 2.24 bits per heavy atom. The molecule has 1 aliphatic carbocycles. The van der Waals surface area contributed by atoms with E-state index in [1.807, 2.05) is 12.1 Å². The normalized spacial score (nSPS) is 12.8. The van der Waals surface area contributed by atoms with Crippen LogP contribution in [0.1, 0.15) is 71.4 Å². The Labute approximate surface area is 196 Å². The Morgan fingerprint density at radius 1 is 0.879 bits per heavy atom. The molecule has 0 saturated carbocycles. The Bertz CT molecular complexity index is 965. The molecule has 6 heteroatoms. The first kappa shape index (κ1) is 24.6. The number of ether oxygens (including phenoxy) is 1. The number of hydrogen-bond acceptors (Lipinski definition) is 5. The Kier molecular flexibility index (Phi) is 9.19. The molecule has 0 radical (unpaired) electrons. The third-order valence-corrected chi connectivity index (χ3v) is 6.19. The van der Waals surface area contributed by atoms with Crippen LogP contribution in [0.3, 0.4) is 0 Å². The molecular weight excluding hydrogens is 416 g/mol. The zero-order valence-electron chi connectivity index (χ0n) is 19.7. The minimum Gasteiger partial charge on any atom is -0.461 e. The van der Waals surface area contributed by atoms with Crippen molar-refractivity contribution in [2.75, 3.05) is 31.6 Å². The summed E-state index contributed by atoms with van der Waals surface area (Å²) in [5.74, 6) is -0.618. The van der Waals surface area contributed by atoms with Gasteiger partial charge in [-0.25, -0.2) is 4.79 Å². The molecule has 3 rings (SSSR count). The lowest BCUT2D eigenvalue weighted by molar-refractivity contribution is -0.116. The van der Waals surface area contributed by atoms with Crippen LogP contribution in [0.15, 0.2) is 42.5 Å². The van der Waals surface area contributed by atoms with Crippen LogP contribution >= 0.6 is 0 Å². The molecule has 33 heavy (non-hydrogen) atoms. The first-order chi connectivity index (χ1) is 16.0. The number of esters is 1. The maximum Gasteiger partial charge on any atom is 0.338 e. The van der Waals surface area contributed by atoms with Crippen LogP contribution in [0.25, 0.3) is 0 Å². The van der Waals surface area contributed by atoms with Crippen molar-refractivity contribution in [2.45, 2.75) is 52.4 Å². The molecule has 6 nitrogen and oxygen atoms in total. The largest absolute Gasteiger partial charge is 0.461 e. The van der Waals surface area contributed by atoms with Crippen LogP contribution in [0.5, 0.6) is 0 Å². The van der Waals surface area contributed by atoms with Gasteiger partial charge in [-0.15, -0.1) is 0 Å². The molecule has 1 aliphatic rings. The fourth-order valence-electron chi connectivity index (χ4n) is 4.08. The summed E-state index contributed by atoms with van der Waals surface area (Å²) in [5.41, 5.74) is 4.32. The second-order valence-corrected chi connectivity index (χ2v) is 8.40. The lowest BCUT2D eigenvalue weighted by Crippen LogP contribution is -2.27. The molecule has 0 spiro atoms. The molecule has 1 amide bonds. The van der Waals surface area contributed by atoms with Gasteiger partial charge in [-0.05, 0) is 80.2 Å². The van der Waals surface area contributed by atoms with E-state index in [2.05, 4.69) is 30.1 Å². The number of nitrogens with one attached hydrogen (secondary N) is 1. The highest BCUT2D eigenvalue weighted by molar-refractivity contribution is 6.00. The molecule has 1 N–H and O–H groups in total. The van der Waals surface area contributed by atoms with Crippen LogP contribution in [0, 0.1) is 0 Å². The van der Waals surface area contributed by atoms with Crippen molar-refractivity contribution in [3.8, 4) is 0 Å². The van der Waals surface area contributed by atoms with Gasteiger partial charge in [-0.2, -0.15) is 0 Å². The van der Waals surface area contributed by atoms with E-state index in [-0.39, 0.29) is 30.5 Å². The number of rotatable bonds is 11. The van der Waals surface area contributed by atoms with E-state index in [4.69, 9.17) is 4.74 Å². The summed E-state index contributed by atoms with van der Waals surface area (Å²) in [5, 5.41) is 2.79. The fraction of sp³-hybridized carbons (Fsp3) is 0.444. The van der Waals surface area contributed by atoms with E-state index in [9.17, 15) is 14.4 Å². The molecule has 0 atom stereocenters. The van der Waals surface area contributed by atoms with Gasteiger partial charge in [0.1, 0.15) is 6.61 Å². The molecular formula is C27H34N2O4. The van der Waals surface area contributed by atoms with Gasteiger partial charge in [0.15, 0.2) is 5.78 Å². The molecule has 0 aliphatic heterocycles. The summed E-state index contributed by atoms with van der Waals surface area (Å²) in [4.78, 5) is 39.2. The summed E-state index contributed by atoms with van der Waals surface area (Å²) in [6.45, 7) is 7.03. The number of carbonyl (C=O) groups is 3. The van der Waals surface area contributed by atoms with Crippen molar-refractivity contribution in [3.63, 3.8) is 0 Å². The number of carbonyl (C=O) groups excluding carboxylic acids is 3. The Morgan fingerprint density at radius 2 is 1.55 bits per heavy atom. The van der Waals surface area contributed by atoms with E-state index >= 15 is 0 Å². The van der Waals surface area contributed by atoms with Gasteiger partial charge in [-0.3, -0.25) is 9.59 Å². The summed E-state index contributed by atoms with van der Waals surface area (Å²) in [6, 6.07) is 12.5. The van der Waals surface area contributed by atoms with Crippen molar-refractivity contribution in [3.05, 3.63) is 64.7 Å². The molecule has 0 saturated heterocycles. The average Bonchev–Trinajstić information content (AvgIpc) is 2.85. The SMILES string of the molecule is CCN(CC)CCOC(=O)c1ccc(NC(=O)CCC(=O)c2ccc3c(c2)CCCC3)cc1. The quantitative estimate of drug-likeness (QED) is 0.398. The lowest BCUT2D eigenvalue weighted by atomic mass is 9.89. The van der Waals surface area contributed by atoms with Gasteiger partial charge in [0.2, 0.25) is 5.91 Å². The highest BCUT2D eigenvalue weighted by Gasteiger charge is 2.14. The third kappa shape index (κ3) is 7.26. The number of hydrogen-bond donors (Lipinski definition) is 1. The molecule has 0 aromatic heterocycles. The van der Waals surface area contributed by atoms with Gasteiger partial charge in [0.25, 0.3) is 0 Å². The van der Waals surface area contributed by atoms with Gasteiger partial charge in [-0.1, -0.05) is 26.0 Å². The van der Waals surface area contributed by atoms with Gasteiger partial charge in [0.05, 0.1) is 5.56 Å². The maximum atomic E-state index is 12.5. The van der Waals surface area contributed by atoms with Crippen LogP contribution < -0.4 is 5.32 Å². The second kappa shape index (κ2) is 12.3. The number of nitrogens with zero attached hydrogens (tertiary/aromatic N) is 1. The minimum absolute atomic E-state index is 0.0127. The zero-order chi connectivity index (χ0) is 23.6. The summed E-state index contributed by atoms with van der Waals surface area (Å²) in [7, 11) is 0. The molecule has 2 aromatic carbocycles. The van der Waals surface area contributed by atoms with Crippen LogP contribution in [-0.4, -0.2) is 48.8 Å². The number of amides is 1. The van der Waals surface area contributed by atoms with Gasteiger partial charge >= 0.3 is 5.97 Å². The van der Waals surface area contributed by atoms with Crippen molar-refractivity contribution < 1.29 is 19.1 Å². The number of ketones is 1. The van der Waals surface area contributed by atoms with Crippen LogP contribution in [-0.2, 0) is 22.4 Å². The molecule has 0 bridgehead atoms. The van der Waals surface area contributed by atoms with E-state index in [0.29, 0.717) is 30.0 Å². The maximum absolute atomic E-state index is 12.5. The minimum atomic E-state index is -0.379. The van der Waals surface area contributed by atoms with E-state index in [1.165, 1.54) is 24.0 Å². The molecule has 0 fully saturated rings. The zero-order valence-corrected chi connectivity index (χ0v) is 19.7. The first-order valence-electron chi connectivity index (χ1n) is 11.9. The van der Waals surface area contributed by atoms with Crippen molar-refractivity contribution in [2.24, 2.45) is 0 Å². The third-order valence-electron chi connectivity index (χ3n) is 6.19. The predicted molar refractivity (Wildman–Crippen MR) is 130 cm³/mol. The summed E-state index contributed by atoms with van der Waals surface area (Å²) in [6.07, 6.45) is 4.77. The number of likely N-dealkylation sites (N-methyl/N-ethyl adjacent to an activating group) is 1. The average molecular weight is 451 g/mol. The number of fused-ring (bicyclic) bond motifs is 1. The number of anilines is 1. The first-order valence-corrected chi connectivity index (χ1v) is 11.9. The van der Waals surface area contributed by atoms with Crippen molar-refractivity contribution >= 4 is 23.3 Å². The fourth-order valence-corrected chi connectivity index (χ4v) is 4.08. The molecule has 0 unspecified atom stereocenters. The predicted octanol–water partition coefficient (Wildman–Crippen LogP) is 4.67. The Balaban J connectivity index is 1.44. The second-order valence-electron chi connectivity index (χ2n) is 8.40. The topological polar surface area (TPSA) is 75.7 Å². The van der Waals surface area contributed by atoms with Crippen LogP contribution in [0.4, 0.5) is 5.69 Å². The molecule has 176 valence electrons. The monoisotopic (exact) mass is 450 g/mol. The molecule has 2 aromatic rings. The van der Waals surface area contributed by atoms with E-state index < -0.39 is 0 Å².